The largest absolute Gasteiger partial charge is 0.496 e. The first-order chi connectivity index (χ1) is 18.0. The molecule has 0 spiro atoms. The molecule has 2 fully saturated rings. The number of rotatable bonds is 6. The summed E-state index contributed by atoms with van der Waals surface area (Å²) in [6, 6.07) is 21.8. The number of carbonyl (C=O) groups excluding carboxylic acids is 3. The fourth-order valence-corrected chi connectivity index (χ4v) is 5.06. The molecule has 0 aromatic heterocycles. The molecule has 5 rings (SSSR count). The van der Waals surface area contributed by atoms with Crippen LogP contribution in [0.1, 0.15) is 30.0 Å². The van der Waals surface area contributed by atoms with Gasteiger partial charge >= 0.3 is 6.09 Å². The van der Waals surface area contributed by atoms with E-state index in [4.69, 9.17) is 9.47 Å². The number of anilines is 3. The quantitative estimate of drug-likeness (QED) is 0.511. The Morgan fingerprint density at radius 1 is 1.00 bits per heavy atom. The summed E-state index contributed by atoms with van der Waals surface area (Å²) < 4.78 is 10.7. The molecule has 1 N–H and O–H groups in total. The van der Waals surface area contributed by atoms with Crippen LogP contribution in [0.3, 0.4) is 0 Å². The zero-order valence-corrected chi connectivity index (χ0v) is 20.8. The number of ether oxygens (including phenoxy) is 2. The summed E-state index contributed by atoms with van der Waals surface area (Å²) in [4.78, 5) is 42.4. The summed E-state index contributed by atoms with van der Waals surface area (Å²) in [5.74, 6) is -0.164. The van der Waals surface area contributed by atoms with Gasteiger partial charge in [0.1, 0.15) is 12.4 Å². The van der Waals surface area contributed by atoms with Gasteiger partial charge in [-0.15, -0.1) is 0 Å². The molecular weight excluding hydrogens is 470 g/mol. The molecule has 0 bridgehead atoms. The number of nitrogens with zero attached hydrogens (tertiary/aromatic N) is 2. The van der Waals surface area contributed by atoms with Crippen LogP contribution in [-0.2, 0) is 14.3 Å². The lowest BCUT2D eigenvalue weighted by atomic mass is 9.82. The second kappa shape index (κ2) is 10.3. The van der Waals surface area contributed by atoms with Crippen molar-refractivity contribution >= 4 is 35.0 Å². The summed E-state index contributed by atoms with van der Waals surface area (Å²) in [7, 11) is 1.59. The Kier molecular flexibility index (Phi) is 6.81. The molecule has 2 aliphatic heterocycles. The van der Waals surface area contributed by atoms with Gasteiger partial charge in [-0.25, -0.2) is 4.79 Å². The normalized spacial score (nSPS) is 19.5. The predicted molar refractivity (Wildman–Crippen MR) is 141 cm³/mol. The lowest BCUT2D eigenvalue weighted by Gasteiger charge is -2.41. The SMILES string of the molecule is COc1ccccc1C1C(C(=O)Nc2cccc(N3CCOC3=O)c2)CCC(=O)N1c1ccc(C)cc1. The van der Waals surface area contributed by atoms with Crippen LogP contribution in [0.2, 0.25) is 0 Å². The topological polar surface area (TPSA) is 88.2 Å². The Morgan fingerprint density at radius 2 is 1.78 bits per heavy atom. The van der Waals surface area contributed by atoms with E-state index in [1.807, 2.05) is 55.5 Å². The van der Waals surface area contributed by atoms with Crippen LogP contribution in [0.4, 0.5) is 21.9 Å². The van der Waals surface area contributed by atoms with Crippen LogP contribution in [0.25, 0.3) is 0 Å². The molecule has 3 aromatic carbocycles. The number of aryl methyl sites for hydroxylation is 1. The first-order valence-corrected chi connectivity index (χ1v) is 12.3. The average Bonchev–Trinajstić information content (AvgIpc) is 3.35. The zero-order chi connectivity index (χ0) is 25.9. The van der Waals surface area contributed by atoms with Crippen LogP contribution in [0.15, 0.2) is 72.8 Å². The Bertz CT molecular complexity index is 1320. The number of benzene rings is 3. The van der Waals surface area contributed by atoms with Crippen LogP contribution >= 0.6 is 0 Å². The number of piperidine rings is 1. The summed E-state index contributed by atoms with van der Waals surface area (Å²) in [6.45, 7) is 2.79. The summed E-state index contributed by atoms with van der Waals surface area (Å²) >= 11 is 0. The van der Waals surface area contributed by atoms with Gasteiger partial charge in [0.25, 0.3) is 0 Å². The van der Waals surface area contributed by atoms with Crippen molar-refractivity contribution in [2.45, 2.75) is 25.8 Å². The van der Waals surface area contributed by atoms with Crippen LogP contribution in [-0.4, -0.2) is 38.2 Å². The molecule has 8 heteroatoms. The third-order valence-corrected chi connectivity index (χ3v) is 6.89. The van der Waals surface area contributed by atoms with Gasteiger partial charge in [0.15, 0.2) is 0 Å². The van der Waals surface area contributed by atoms with Crippen molar-refractivity contribution in [3.05, 3.63) is 83.9 Å². The van der Waals surface area contributed by atoms with E-state index in [0.717, 1.165) is 16.8 Å². The Hall–Kier alpha value is -4.33. The van der Waals surface area contributed by atoms with Crippen LogP contribution < -0.4 is 19.9 Å². The fourth-order valence-electron chi connectivity index (χ4n) is 5.06. The zero-order valence-electron chi connectivity index (χ0n) is 20.8. The second-order valence-corrected chi connectivity index (χ2v) is 9.24. The van der Waals surface area contributed by atoms with Crippen LogP contribution in [0.5, 0.6) is 5.75 Å². The van der Waals surface area contributed by atoms with Crippen molar-refractivity contribution in [1.29, 1.82) is 0 Å². The molecule has 0 saturated carbocycles. The predicted octanol–water partition coefficient (Wildman–Crippen LogP) is 5.08. The Labute approximate surface area is 215 Å². The maximum Gasteiger partial charge on any atom is 0.414 e. The lowest BCUT2D eigenvalue weighted by Crippen LogP contribution is -2.47. The molecule has 8 nitrogen and oxygen atoms in total. The molecule has 2 heterocycles. The van der Waals surface area contributed by atoms with Crippen LogP contribution in [0, 0.1) is 12.8 Å². The second-order valence-electron chi connectivity index (χ2n) is 9.24. The van der Waals surface area contributed by atoms with Gasteiger partial charge in [-0.2, -0.15) is 0 Å². The van der Waals surface area contributed by atoms with Gasteiger partial charge in [0.2, 0.25) is 11.8 Å². The number of amides is 3. The number of para-hydroxylation sites is 1. The maximum absolute atomic E-state index is 13.8. The minimum absolute atomic E-state index is 0.0432. The summed E-state index contributed by atoms with van der Waals surface area (Å²) in [6.07, 6.45) is 0.241. The molecule has 190 valence electrons. The van der Waals surface area contributed by atoms with E-state index in [-0.39, 0.29) is 18.2 Å². The minimum Gasteiger partial charge on any atom is -0.496 e. The highest BCUT2D eigenvalue weighted by molar-refractivity contribution is 6.01. The van der Waals surface area contributed by atoms with Crippen molar-refractivity contribution < 1.29 is 23.9 Å². The van der Waals surface area contributed by atoms with Crippen molar-refractivity contribution in [1.82, 2.24) is 0 Å². The van der Waals surface area contributed by atoms with E-state index >= 15 is 0 Å². The first kappa shape index (κ1) is 24.4. The molecule has 0 radical (unpaired) electrons. The molecule has 2 saturated heterocycles. The number of methoxy groups -OCH3 is 1. The smallest absolute Gasteiger partial charge is 0.414 e. The monoisotopic (exact) mass is 499 g/mol. The molecule has 3 amide bonds. The number of hydrogen-bond donors (Lipinski definition) is 1. The maximum atomic E-state index is 13.8. The molecule has 2 atom stereocenters. The van der Waals surface area contributed by atoms with E-state index in [1.54, 1.807) is 36.3 Å². The fraction of sp³-hybridized carbons (Fsp3) is 0.276. The number of carbonyl (C=O) groups is 3. The molecule has 2 unspecified atom stereocenters. The van der Waals surface area contributed by atoms with Gasteiger partial charge in [-0.05, 0) is 49.7 Å². The Balaban J connectivity index is 1.50. The van der Waals surface area contributed by atoms with Gasteiger partial charge in [0.05, 0.1) is 25.6 Å². The van der Waals surface area contributed by atoms with Gasteiger partial charge in [-0.1, -0.05) is 42.0 Å². The van der Waals surface area contributed by atoms with Gasteiger partial charge in [0, 0.05) is 29.0 Å². The molecule has 0 aliphatic carbocycles. The third-order valence-electron chi connectivity index (χ3n) is 6.89. The number of cyclic esters (lactones) is 1. The highest BCUT2D eigenvalue weighted by atomic mass is 16.6. The van der Waals surface area contributed by atoms with E-state index in [2.05, 4.69) is 5.32 Å². The van der Waals surface area contributed by atoms with Crippen molar-refractivity contribution in [2.24, 2.45) is 5.92 Å². The number of nitrogens with one attached hydrogen (secondary N) is 1. The third kappa shape index (κ3) is 4.87. The van der Waals surface area contributed by atoms with E-state index in [1.165, 1.54) is 4.90 Å². The highest BCUT2D eigenvalue weighted by Gasteiger charge is 2.42. The first-order valence-electron chi connectivity index (χ1n) is 12.3. The number of hydrogen-bond acceptors (Lipinski definition) is 5. The molecule has 37 heavy (non-hydrogen) atoms. The summed E-state index contributed by atoms with van der Waals surface area (Å²) in [5.41, 5.74) is 3.81. The van der Waals surface area contributed by atoms with Crippen molar-refractivity contribution in [2.75, 3.05) is 35.4 Å². The van der Waals surface area contributed by atoms with Crippen molar-refractivity contribution in [3.63, 3.8) is 0 Å². The highest BCUT2D eigenvalue weighted by Crippen LogP contribution is 2.43. The molecule has 3 aromatic rings. The van der Waals surface area contributed by atoms with Gasteiger partial charge in [-0.3, -0.25) is 14.5 Å². The average molecular weight is 500 g/mol. The molecular formula is C29H29N3O5. The standard InChI is InChI=1S/C29H29N3O5/c1-19-10-12-21(13-11-19)32-26(33)15-14-24(27(32)23-8-3-4-9-25(23)36-2)28(34)30-20-6-5-7-22(18-20)31-16-17-37-29(31)35/h3-13,18,24,27H,14-17H2,1-2H3,(H,30,34). The van der Waals surface area contributed by atoms with E-state index in [0.29, 0.717) is 36.7 Å². The van der Waals surface area contributed by atoms with Gasteiger partial charge < -0.3 is 19.7 Å². The van der Waals surface area contributed by atoms with E-state index < -0.39 is 18.1 Å². The summed E-state index contributed by atoms with van der Waals surface area (Å²) in [5, 5.41) is 3.03. The Morgan fingerprint density at radius 3 is 2.51 bits per heavy atom. The lowest BCUT2D eigenvalue weighted by molar-refractivity contribution is -0.126. The van der Waals surface area contributed by atoms with Crippen molar-refractivity contribution in [3.8, 4) is 5.75 Å². The minimum atomic E-state index is -0.558. The van der Waals surface area contributed by atoms with E-state index in [9.17, 15) is 14.4 Å². The molecule has 2 aliphatic rings.